The Labute approximate surface area is 83.4 Å². The number of nitrogens with two attached hydrogens (primary N) is 1. The molecule has 1 fully saturated rings. The molecule has 13 heavy (non-hydrogen) atoms. The molecule has 0 radical (unpaired) electrons. The molecule has 2 nitrogen and oxygen atoms in total. The Hall–Kier alpha value is -0.380. The normalized spacial score (nSPS) is 24.8. The second-order valence-electron chi connectivity index (χ2n) is 3.77. The molecule has 1 aromatic heterocycles. The van der Waals surface area contributed by atoms with Crippen molar-refractivity contribution in [3.8, 4) is 0 Å². The van der Waals surface area contributed by atoms with Gasteiger partial charge in [0.2, 0.25) is 0 Å². The number of likely N-dealkylation sites (tertiary alicyclic amines) is 1. The van der Waals surface area contributed by atoms with E-state index in [0.717, 1.165) is 13.1 Å². The molecule has 1 aliphatic heterocycles. The molecule has 2 heterocycles. The summed E-state index contributed by atoms with van der Waals surface area (Å²) < 4.78 is 0. The van der Waals surface area contributed by atoms with Crippen LogP contribution >= 0.6 is 11.3 Å². The van der Waals surface area contributed by atoms with Gasteiger partial charge in [0.05, 0.1) is 0 Å². The van der Waals surface area contributed by atoms with Crippen LogP contribution < -0.4 is 5.73 Å². The highest BCUT2D eigenvalue weighted by Crippen LogP contribution is 2.14. The Morgan fingerprint density at radius 1 is 1.62 bits per heavy atom. The van der Waals surface area contributed by atoms with E-state index in [-0.39, 0.29) is 0 Å². The molecule has 0 aliphatic carbocycles. The van der Waals surface area contributed by atoms with Gasteiger partial charge in [-0.25, -0.2) is 0 Å². The number of rotatable bonds is 2. The van der Waals surface area contributed by atoms with E-state index in [2.05, 4.69) is 21.7 Å². The van der Waals surface area contributed by atoms with Crippen molar-refractivity contribution in [3.05, 3.63) is 22.4 Å². The minimum atomic E-state index is 0.396. The molecule has 0 spiro atoms. The molecule has 0 saturated carbocycles. The summed E-state index contributed by atoms with van der Waals surface area (Å²) in [4.78, 5) is 2.45. The van der Waals surface area contributed by atoms with E-state index in [9.17, 15) is 0 Å². The lowest BCUT2D eigenvalue weighted by molar-refractivity contribution is 0.202. The molecule has 2 rings (SSSR count). The van der Waals surface area contributed by atoms with Gasteiger partial charge in [-0.05, 0) is 41.8 Å². The van der Waals surface area contributed by atoms with Gasteiger partial charge in [-0.1, -0.05) is 0 Å². The van der Waals surface area contributed by atoms with Crippen molar-refractivity contribution in [1.82, 2.24) is 4.90 Å². The van der Waals surface area contributed by atoms with Crippen molar-refractivity contribution in [2.45, 2.75) is 25.4 Å². The predicted octanol–water partition coefficient (Wildman–Crippen LogP) is 1.67. The Balaban J connectivity index is 1.87. The summed E-state index contributed by atoms with van der Waals surface area (Å²) >= 11 is 1.77. The summed E-state index contributed by atoms with van der Waals surface area (Å²) in [6.07, 6.45) is 2.45. The second-order valence-corrected chi connectivity index (χ2v) is 4.55. The van der Waals surface area contributed by atoms with Crippen LogP contribution in [0, 0.1) is 0 Å². The highest BCUT2D eigenvalue weighted by atomic mass is 32.1. The monoisotopic (exact) mass is 196 g/mol. The van der Waals surface area contributed by atoms with Crippen LogP contribution in [0.1, 0.15) is 18.4 Å². The predicted molar refractivity (Wildman–Crippen MR) is 56.8 cm³/mol. The summed E-state index contributed by atoms with van der Waals surface area (Å²) in [5.41, 5.74) is 7.34. The van der Waals surface area contributed by atoms with Crippen LogP contribution in [0.3, 0.4) is 0 Å². The van der Waals surface area contributed by atoms with Crippen LogP contribution in [0.25, 0.3) is 0 Å². The molecular formula is C10H16N2S. The lowest BCUT2D eigenvalue weighted by Gasteiger charge is -2.30. The van der Waals surface area contributed by atoms with E-state index in [1.807, 2.05) is 0 Å². The highest BCUT2D eigenvalue weighted by molar-refractivity contribution is 7.07. The molecule has 1 saturated heterocycles. The fourth-order valence-electron chi connectivity index (χ4n) is 1.88. The molecule has 1 aromatic rings. The van der Waals surface area contributed by atoms with Gasteiger partial charge < -0.3 is 5.73 Å². The van der Waals surface area contributed by atoms with Crippen molar-refractivity contribution >= 4 is 11.3 Å². The molecule has 0 aromatic carbocycles. The van der Waals surface area contributed by atoms with Crippen molar-refractivity contribution < 1.29 is 0 Å². The maximum atomic E-state index is 5.92. The van der Waals surface area contributed by atoms with E-state index in [1.165, 1.54) is 24.9 Å². The third-order valence-corrected chi connectivity index (χ3v) is 3.26. The van der Waals surface area contributed by atoms with E-state index in [1.54, 1.807) is 11.3 Å². The van der Waals surface area contributed by atoms with Crippen molar-refractivity contribution in [3.63, 3.8) is 0 Å². The molecule has 1 aliphatic rings. The first-order chi connectivity index (χ1) is 6.34. The maximum Gasteiger partial charge on any atom is 0.0242 e. The fraction of sp³-hybridized carbons (Fsp3) is 0.600. The maximum absolute atomic E-state index is 5.92. The SMILES string of the molecule is N[C@H]1CCCN(Cc2ccsc2)C1. The highest BCUT2D eigenvalue weighted by Gasteiger charge is 2.16. The molecular weight excluding hydrogens is 180 g/mol. The van der Waals surface area contributed by atoms with Crippen LogP contribution in [0.15, 0.2) is 16.8 Å². The van der Waals surface area contributed by atoms with Crippen molar-refractivity contribution in [2.75, 3.05) is 13.1 Å². The summed E-state index contributed by atoms with van der Waals surface area (Å²) in [5, 5.41) is 4.36. The van der Waals surface area contributed by atoms with E-state index in [4.69, 9.17) is 5.73 Å². The zero-order chi connectivity index (χ0) is 9.10. The van der Waals surface area contributed by atoms with Gasteiger partial charge in [0, 0.05) is 19.1 Å². The van der Waals surface area contributed by atoms with Gasteiger partial charge in [-0.2, -0.15) is 11.3 Å². The third-order valence-electron chi connectivity index (χ3n) is 2.53. The van der Waals surface area contributed by atoms with Gasteiger partial charge in [0.15, 0.2) is 0 Å². The molecule has 0 amide bonds. The summed E-state index contributed by atoms with van der Waals surface area (Å²) in [7, 11) is 0. The lowest BCUT2D eigenvalue weighted by Crippen LogP contribution is -2.42. The number of thiophene rings is 1. The topological polar surface area (TPSA) is 29.3 Å². The largest absolute Gasteiger partial charge is 0.327 e. The van der Waals surface area contributed by atoms with E-state index in [0.29, 0.717) is 6.04 Å². The molecule has 1 atom stereocenters. The van der Waals surface area contributed by atoms with Crippen LogP contribution in [-0.2, 0) is 6.54 Å². The first-order valence-electron chi connectivity index (χ1n) is 4.83. The zero-order valence-electron chi connectivity index (χ0n) is 7.78. The van der Waals surface area contributed by atoms with Gasteiger partial charge in [0.1, 0.15) is 0 Å². The quantitative estimate of drug-likeness (QED) is 0.779. The van der Waals surface area contributed by atoms with Crippen molar-refractivity contribution in [2.24, 2.45) is 5.73 Å². The standard InChI is InChI=1S/C10H16N2S/c11-10-2-1-4-12(7-10)6-9-3-5-13-8-9/h3,5,8,10H,1-2,4,6-7,11H2/t10-/m0/s1. The Morgan fingerprint density at radius 3 is 3.23 bits per heavy atom. The minimum Gasteiger partial charge on any atom is -0.327 e. The van der Waals surface area contributed by atoms with E-state index < -0.39 is 0 Å². The summed E-state index contributed by atoms with van der Waals surface area (Å²) in [5.74, 6) is 0. The van der Waals surface area contributed by atoms with Crippen LogP contribution in [0.2, 0.25) is 0 Å². The first kappa shape index (κ1) is 9.19. The third kappa shape index (κ3) is 2.53. The molecule has 0 bridgehead atoms. The van der Waals surface area contributed by atoms with Crippen LogP contribution in [0.5, 0.6) is 0 Å². The average molecular weight is 196 g/mol. The number of piperidine rings is 1. The fourth-order valence-corrected chi connectivity index (χ4v) is 2.54. The van der Waals surface area contributed by atoms with Crippen molar-refractivity contribution in [1.29, 1.82) is 0 Å². The number of hydrogen-bond donors (Lipinski definition) is 1. The first-order valence-corrected chi connectivity index (χ1v) is 5.78. The van der Waals surface area contributed by atoms with Gasteiger partial charge in [-0.3, -0.25) is 4.90 Å². The summed E-state index contributed by atoms with van der Waals surface area (Å²) in [6, 6.07) is 2.59. The Kier molecular flexibility index (Phi) is 2.98. The molecule has 3 heteroatoms. The number of nitrogens with zero attached hydrogens (tertiary/aromatic N) is 1. The number of hydrogen-bond acceptors (Lipinski definition) is 3. The van der Waals surface area contributed by atoms with Gasteiger partial charge in [-0.15, -0.1) is 0 Å². The minimum absolute atomic E-state index is 0.396. The average Bonchev–Trinajstić information content (AvgIpc) is 2.57. The van der Waals surface area contributed by atoms with Gasteiger partial charge >= 0.3 is 0 Å². The Morgan fingerprint density at radius 2 is 2.54 bits per heavy atom. The zero-order valence-corrected chi connectivity index (χ0v) is 8.59. The molecule has 2 N–H and O–H groups in total. The second kappa shape index (κ2) is 4.22. The van der Waals surface area contributed by atoms with Crippen LogP contribution in [0.4, 0.5) is 0 Å². The lowest BCUT2D eigenvalue weighted by atomic mass is 10.1. The van der Waals surface area contributed by atoms with E-state index >= 15 is 0 Å². The summed E-state index contributed by atoms with van der Waals surface area (Å²) in [6.45, 7) is 3.36. The smallest absolute Gasteiger partial charge is 0.0242 e. The van der Waals surface area contributed by atoms with Gasteiger partial charge in [0.25, 0.3) is 0 Å². The molecule has 72 valence electrons. The molecule has 0 unspecified atom stereocenters. The Bertz CT molecular complexity index is 245. The van der Waals surface area contributed by atoms with Crippen LogP contribution in [-0.4, -0.2) is 24.0 Å².